The highest BCUT2D eigenvalue weighted by Gasteiger charge is 2.58. The zero-order valence-corrected chi connectivity index (χ0v) is 27.3. The highest BCUT2D eigenvalue weighted by atomic mass is 31.2. The number of hydrogen-bond acceptors (Lipinski definition) is 10. The number of unbranched alkanes of at least 4 members (excludes halogenated alkanes) is 1. The van der Waals surface area contributed by atoms with Crippen molar-refractivity contribution in [1.82, 2.24) is 10.6 Å². The Hall–Kier alpha value is -4.44. The summed E-state index contributed by atoms with van der Waals surface area (Å²) in [5.41, 5.74) is 6.59. The Labute approximate surface area is 277 Å². The molecule has 19 heteroatoms. The van der Waals surface area contributed by atoms with Crippen molar-refractivity contribution in [2.75, 3.05) is 13.1 Å². The lowest BCUT2D eigenvalue weighted by molar-refractivity contribution is -0.122. The van der Waals surface area contributed by atoms with E-state index in [2.05, 4.69) is 10.6 Å². The van der Waals surface area contributed by atoms with Gasteiger partial charge in [0.15, 0.2) is 5.43 Å². The Kier molecular flexibility index (Phi) is 11.1. The molecule has 0 aromatic heterocycles. The third-order valence-corrected chi connectivity index (χ3v) is 11.6. The molecule has 262 valence electrons. The van der Waals surface area contributed by atoms with Gasteiger partial charge in [0.1, 0.15) is 17.1 Å². The molecule has 0 saturated heterocycles. The smallest absolute Gasteiger partial charge is 0.369 e. The number of phenols is 1. The van der Waals surface area contributed by atoms with E-state index in [1.807, 2.05) is 0 Å². The first kappa shape index (κ1) is 37.4. The van der Waals surface area contributed by atoms with E-state index in [1.165, 1.54) is 48.5 Å². The van der Waals surface area contributed by atoms with E-state index >= 15 is 0 Å². The molecule has 2 amide bonds. The van der Waals surface area contributed by atoms with Crippen LogP contribution in [0.25, 0.3) is 33.4 Å². The fourth-order valence-corrected chi connectivity index (χ4v) is 7.26. The predicted molar refractivity (Wildman–Crippen MR) is 174 cm³/mol. The van der Waals surface area contributed by atoms with Crippen molar-refractivity contribution < 1.29 is 62.8 Å². The quantitative estimate of drug-likeness (QED) is 0.0503. The molecule has 17 nitrogen and oxygen atoms in total. The highest BCUT2D eigenvalue weighted by Crippen LogP contribution is 2.68. The number of rotatable bonds is 14. The molecule has 0 spiro atoms. The van der Waals surface area contributed by atoms with Gasteiger partial charge in [-0.25, -0.2) is 4.79 Å². The number of carbonyl (C=O) groups is 3. The number of carbonyl (C=O) groups excluding carboxylic acids is 2. The second-order valence-corrected chi connectivity index (χ2v) is 15.2. The summed E-state index contributed by atoms with van der Waals surface area (Å²) >= 11 is 0. The molecule has 1 aliphatic carbocycles. The largest absolute Gasteiger partial charge is 0.508 e. The van der Waals surface area contributed by atoms with Gasteiger partial charge in [-0.15, -0.1) is 0 Å². The van der Waals surface area contributed by atoms with Crippen molar-refractivity contribution in [2.24, 2.45) is 5.73 Å². The minimum Gasteiger partial charge on any atom is -0.508 e. The van der Waals surface area contributed by atoms with E-state index in [1.54, 1.807) is 6.07 Å². The van der Waals surface area contributed by atoms with Crippen LogP contribution in [0.15, 0.2) is 63.8 Å². The van der Waals surface area contributed by atoms with Crippen LogP contribution in [0.2, 0.25) is 0 Å². The minimum atomic E-state index is -5.67. The van der Waals surface area contributed by atoms with Gasteiger partial charge in [-0.05, 0) is 61.2 Å². The van der Waals surface area contributed by atoms with Gasteiger partial charge >= 0.3 is 21.2 Å². The van der Waals surface area contributed by atoms with E-state index in [-0.39, 0.29) is 52.2 Å². The van der Waals surface area contributed by atoms with Gasteiger partial charge < -0.3 is 55.7 Å². The van der Waals surface area contributed by atoms with E-state index in [0.29, 0.717) is 29.4 Å². The monoisotopic (exact) mass is 721 g/mol. The summed E-state index contributed by atoms with van der Waals surface area (Å²) in [5.74, 6) is -2.65. The number of benzene rings is 3. The molecule has 2 aromatic rings. The van der Waals surface area contributed by atoms with Crippen LogP contribution in [0.4, 0.5) is 0 Å². The maximum absolute atomic E-state index is 12.9. The molecule has 0 unspecified atom stereocenters. The number of aliphatic hydroxyl groups is 1. The number of hydrogen-bond donors (Lipinski definition) is 10. The van der Waals surface area contributed by atoms with E-state index < -0.39 is 57.1 Å². The molecule has 49 heavy (non-hydrogen) atoms. The average Bonchev–Trinajstić information content (AvgIpc) is 3.01. The lowest BCUT2D eigenvalue weighted by atomic mass is 9.90. The predicted octanol–water partition coefficient (Wildman–Crippen LogP) is 1.70. The molecule has 1 aliphatic heterocycles. The third-order valence-electron chi connectivity index (χ3n) is 7.72. The van der Waals surface area contributed by atoms with Crippen LogP contribution in [0.1, 0.15) is 46.4 Å². The molecule has 2 aliphatic rings. The number of carboxylic acids is 1. The van der Waals surface area contributed by atoms with Crippen molar-refractivity contribution in [3.8, 4) is 28.2 Å². The average molecular weight is 722 g/mol. The molecule has 4 rings (SSSR count). The molecule has 0 radical (unpaired) electrons. The zero-order valence-electron chi connectivity index (χ0n) is 25.5. The fraction of sp³-hybridized carbons (Fsp3) is 0.267. The van der Waals surface area contributed by atoms with Crippen LogP contribution in [-0.2, 0) is 13.9 Å². The fourth-order valence-electron chi connectivity index (χ4n) is 5.10. The molecule has 11 N–H and O–H groups in total. The van der Waals surface area contributed by atoms with Crippen molar-refractivity contribution in [3.63, 3.8) is 0 Å². The number of nitrogens with two attached hydrogens (primary N) is 1. The molecule has 2 aromatic carbocycles. The van der Waals surface area contributed by atoms with Crippen molar-refractivity contribution in [2.45, 2.75) is 36.8 Å². The molecule has 0 bridgehead atoms. The second-order valence-electron chi connectivity index (χ2n) is 11.1. The summed E-state index contributed by atoms with van der Waals surface area (Å²) < 4.78 is 28.6. The van der Waals surface area contributed by atoms with Gasteiger partial charge in [-0.1, -0.05) is 6.07 Å². The van der Waals surface area contributed by atoms with E-state index in [4.69, 9.17) is 29.7 Å². The van der Waals surface area contributed by atoms with Gasteiger partial charge in [0.05, 0.1) is 11.6 Å². The summed E-state index contributed by atoms with van der Waals surface area (Å²) in [7, 11) is -11.3. The van der Waals surface area contributed by atoms with Crippen LogP contribution in [0.3, 0.4) is 0 Å². The van der Waals surface area contributed by atoms with Gasteiger partial charge in [0.25, 0.3) is 11.0 Å². The number of phenolic OH excluding ortho intramolecular Hbond substituents is 1. The number of fused-ring (bicyclic) bond motifs is 2. The summed E-state index contributed by atoms with van der Waals surface area (Å²) in [6.45, 7) is -0.575. The van der Waals surface area contributed by atoms with Crippen LogP contribution < -0.4 is 21.8 Å². The van der Waals surface area contributed by atoms with Crippen molar-refractivity contribution >= 4 is 43.9 Å². The number of nitrogens with one attached hydrogen (secondary N) is 2. The third kappa shape index (κ3) is 8.24. The number of aromatic carboxylic acids is 1. The van der Waals surface area contributed by atoms with Gasteiger partial charge in [0, 0.05) is 53.7 Å². The van der Waals surface area contributed by atoms with E-state index in [0.717, 1.165) is 0 Å². The number of carboxylic acid groups (broad SMARTS) is 1. The Morgan fingerprint density at radius 2 is 1.55 bits per heavy atom. The van der Waals surface area contributed by atoms with Gasteiger partial charge in [0.2, 0.25) is 5.91 Å². The normalized spacial score (nSPS) is 12.9. The van der Waals surface area contributed by atoms with Crippen LogP contribution in [0, 0.1) is 0 Å². The summed E-state index contributed by atoms with van der Waals surface area (Å²) in [6.07, 6.45) is -0.384. The summed E-state index contributed by atoms with van der Waals surface area (Å²) in [5, 5.41) is 31.6. The number of aromatic hydroxyl groups is 1. The maximum Gasteiger partial charge on any atom is 0.369 e. The van der Waals surface area contributed by atoms with Crippen LogP contribution >= 0.6 is 15.2 Å². The van der Waals surface area contributed by atoms with Gasteiger partial charge in [-0.2, -0.15) is 0 Å². The minimum absolute atomic E-state index is 0.0384. The summed E-state index contributed by atoms with van der Waals surface area (Å²) in [4.78, 5) is 86.2. The SMILES string of the molecule is N[C@@H](CCCCNC(=O)c1ccc(-c2c3ccc(=O)cc-3oc3cc(O)ccc23)c(C(=O)O)c1)C(=O)NCCC(O)(P(=O)(O)O)P(=O)(O)O. The Balaban J connectivity index is 1.38. The molecular formula is C30H33N3O14P2. The highest BCUT2D eigenvalue weighted by molar-refractivity contribution is 7.72. The van der Waals surface area contributed by atoms with Crippen molar-refractivity contribution in [1.29, 1.82) is 0 Å². The van der Waals surface area contributed by atoms with Gasteiger partial charge in [-0.3, -0.25) is 23.5 Å². The topological polar surface area (TPSA) is 307 Å². The lowest BCUT2D eigenvalue weighted by Gasteiger charge is -2.29. The maximum atomic E-state index is 12.9. The Morgan fingerprint density at radius 3 is 2.20 bits per heavy atom. The molecule has 0 saturated carbocycles. The first-order valence-corrected chi connectivity index (χ1v) is 17.8. The standard InChI is InChI=1S/C30H33N3O14P2/c31-23(28(37)33-12-10-30(40,48(41,42)43)49(44,45)46)3-1-2-11-32-27(36)16-4-7-19(22(13-16)29(38)39)26-20-8-5-17(34)14-24(20)47-25-15-18(35)6-9-21(25)26/h4-9,13-15,23,34,40H,1-3,10-12,31H2,(H,32,36)(H,33,37)(H,38,39)(H2,41,42,43)(H2,44,45,46)/t23-/m0/s1. The summed E-state index contributed by atoms with van der Waals surface area (Å²) in [6, 6.07) is 11.3. The first-order chi connectivity index (χ1) is 22.8. The lowest BCUT2D eigenvalue weighted by Crippen LogP contribution is -2.43. The zero-order chi connectivity index (χ0) is 36.3. The molecule has 1 heterocycles. The molecule has 1 atom stereocenters. The number of amides is 2. The molecule has 0 fully saturated rings. The van der Waals surface area contributed by atoms with Crippen LogP contribution in [-0.4, -0.2) is 76.9 Å². The van der Waals surface area contributed by atoms with E-state index in [9.17, 15) is 43.6 Å². The second kappa shape index (κ2) is 14.6. The van der Waals surface area contributed by atoms with Crippen molar-refractivity contribution in [3.05, 3.63) is 75.9 Å². The molecular weight excluding hydrogens is 688 g/mol. The van der Waals surface area contributed by atoms with Crippen LogP contribution in [0.5, 0.6) is 5.75 Å². The first-order valence-electron chi connectivity index (χ1n) is 14.6. The Bertz CT molecular complexity index is 2010. The Morgan fingerprint density at radius 1 is 0.878 bits per heavy atom.